The predicted octanol–water partition coefficient (Wildman–Crippen LogP) is 0.0621. The van der Waals surface area contributed by atoms with Gasteiger partial charge in [-0.1, -0.05) is 6.08 Å². The molecule has 2 aliphatic rings. The van der Waals surface area contributed by atoms with E-state index in [0.717, 1.165) is 0 Å². The summed E-state index contributed by atoms with van der Waals surface area (Å²) in [5, 5.41) is 10.0. The van der Waals surface area contributed by atoms with E-state index in [4.69, 9.17) is 14.2 Å². The molecule has 1 N–H and O–H groups in total. The van der Waals surface area contributed by atoms with Gasteiger partial charge >= 0.3 is 0 Å². The average molecular weight is 186 g/mol. The van der Waals surface area contributed by atoms with Gasteiger partial charge < -0.3 is 19.3 Å². The Labute approximate surface area is 77.1 Å². The molecule has 0 unspecified atom stereocenters. The Kier molecular flexibility index (Phi) is 1.96. The van der Waals surface area contributed by atoms with Gasteiger partial charge in [0.05, 0.1) is 6.10 Å². The maximum absolute atomic E-state index is 10.0. The third-order valence-electron chi connectivity index (χ3n) is 2.80. The molecule has 13 heavy (non-hydrogen) atoms. The van der Waals surface area contributed by atoms with Gasteiger partial charge in [-0.05, 0) is 6.92 Å². The van der Waals surface area contributed by atoms with Crippen molar-refractivity contribution in [3.05, 3.63) is 12.7 Å². The van der Waals surface area contributed by atoms with Crippen molar-refractivity contribution in [3.63, 3.8) is 0 Å². The Morgan fingerprint density at radius 3 is 2.77 bits per heavy atom. The molecular formula is C9H14O4. The Morgan fingerprint density at radius 1 is 1.54 bits per heavy atom. The summed E-state index contributed by atoms with van der Waals surface area (Å²) in [5.74, 6) is 0. The van der Waals surface area contributed by atoms with E-state index in [1.165, 1.54) is 6.08 Å². The molecule has 0 amide bonds. The molecule has 0 aliphatic carbocycles. The van der Waals surface area contributed by atoms with Gasteiger partial charge in [-0.2, -0.15) is 0 Å². The average Bonchev–Trinajstić information content (AvgIpc) is 2.91. The quantitative estimate of drug-likeness (QED) is 0.489. The zero-order valence-electron chi connectivity index (χ0n) is 7.77. The van der Waals surface area contributed by atoms with Crippen LogP contribution in [0, 0.1) is 0 Å². The van der Waals surface area contributed by atoms with E-state index in [1.807, 2.05) is 0 Å². The van der Waals surface area contributed by atoms with Crippen molar-refractivity contribution in [2.45, 2.75) is 37.1 Å². The van der Waals surface area contributed by atoms with Crippen LogP contribution in [0.1, 0.15) is 6.92 Å². The van der Waals surface area contributed by atoms with Crippen LogP contribution in [0.5, 0.6) is 0 Å². The molecule has 0 spiro atoms. The van der Waals surface area contributed by atoms with Gasteiger partial charge in [0.1, 0.15) is 17.8 Å². The third-order valence-corrected chi connectivity index (χ3v) is 2.80. The number of hydrogen-bond acceptors (Lipinski definition) is 4. The first-order valence-corrected chi connectivity index (χ1v) is 4.33. The number of methoxy groups -OCH3 is 1. The molecule has 0 aromatic heterocycles. The molecule has 2 rings (SSSR count). The summed E-state index contributed by atoms with van der Waals surface area (Å²) in [6.07, 6.45) is 0.399. The summed E-state index contributed by atoms with van der Waals surface area (Å²) in [5.41, 5.74) is -1.07. The predicted molar refractivity (Wildman–Crippen MR) is 45.2 cm³/mol. The third kappa shape index (κ3) is 1.14. The minimum atomic E-state index is -1.07. The van der Waals surface area contributed by atoms with Gasteiger partial charge in [0.15, 0.2) is 6.29 Å². The molecule has 2 heterocycles. The molecule has 4 heteroatoms. The summed E-state index contributed by atoms with van der Waals surface area (Å²) in [4.78, 5) is 0. The number of ether oxygens (including phenoxy) is 3. The van der Waals surface area contributed by atoms with Crippen molar-refractivity contribution in [1.29, 1.82) is 0 Å². The topological polar surface area (TPSA) is 51.2 Å². The van der Waals surface area contributed by atoms with E-state index < -0.39 is 5.60 Å². The highest BCUT2D eigenvalue weighted by Crippen LogP contribution is 2.44. The minimum absolute atomic E-state index is 0.149. The van der Waals surface area contributed by atoms with Crippen molar-refractivity contribution in [1.82, 2.24) is 0 Å². The van der Waals surface area contributed by atoms with Gasteiger partial charge in [-0.15, -0.1) is 6.58 Å². The number of rotatable bonds is 2. The minimum Gasteiger partial charge on any atom is -0.380 e. The molecule has 0 aromatic rings. The fourth-order valence-corrected chi connectivity index (χ4v) is 1.79. The molecule has 0 bridgehead atoms. The van der Waals surface area contributed by atoms with Crippen LogP contribution in [0.4, 0.5) is 0 Å². The summed E-state index contributed by atoms with van der Waals surface area (Å²) >= 11 is 0. The second-order valence-electron chi connectivity index (χ2n) is 3.50. The molecule has 74 valence electrons. The van der Waals surface area contributed by atoms with Gasteiger partial charge in [-0.25, -0.2) is 0 Å². The molecule has 0 aromatic carbocycles. The van der Waals surface area contributed by atoms with Gasteiger partial charge in [-0.3, -0.25) is 0 Å². The van der Waals surface area contributed by atoms with Crippen LogP contribution in [0.2, 0.25) is 0 Å². The Morgan fingerprint density at radius 2 is 2.23 bits per heavy atom. The van der Waals surface area contributed by atoms with E-state index in [1.54, 1.807) is 14.0 Å². The maximum Gasteiger partial charge on any atom is 0.186 e. The SMILES string of the molecule is C=C[C@@]1(O)[C@@H](C)O[C@H](OC)[C@@H]2O[C@@H]21. The standard InChI is InChI=1S/C9H14O4/c1-4-9(10)5(2)12-8(11-3)6-7(9)13-6/h4-8,10H,1H2,2-3H3/t5-,6-,7+,8+,9-/m1/s1. The second kappa shape index (κ2) is 2.78. The number of aliphatic hydroxyl groups is 1. The molecule has 5 atom stereocenters. The van der Waals surface area contributed by atoms with E-state index in [0.29, 0.717) is 0 Å². The van der Waals surface area contributed by atoms with Gasteiger partial charge in [0.2, 0.25) is 0 Å². The van der Waals surface area contributed by atoms with Crippen LogP contribution < -0.4 is 0 Å². The van der Waals surface area contributed by atoms with Crippen LogP contribution in [0.15, 0.2) is 12.7 Å². The van der Waals surface area contributed by atoms with Crippen LogP contribution >= 0.6 is 0 Å². The maximum atomic E-state index is 10.0. The van der Waals surface area contributed by atoms with Crippen LogP contribution in [-0.4, -0.2) is 42.4 Å². The van der Waals surface area contributed by atoms with E-state index in [9.17, 15) is 5.11 Å². The molecule has 2 aliphatic heterocycles. The Balaban J connectivity index is 2.16. The summed E-state index contributed by atoms with van der Waals surface area (Å²) in [7, 11) is 1.56. The van der Waals surface area contributed by atoms with Crippen LogP contribution in [-0.2, 0) is 14.2 Å². The fraction of sp³-hybridized carbons (Fsp3) is 0.778. The lowest BCUT2D eigenvalue weighted by molar-refractivity contribution is -0.211. The van der Waals surface area contributed by atoms with E-state index >= 15 is 0 Å². The summed E-state index contributed by atoms with van der Waals surface area (Å²) in [6.45, 7) is 5.37. The smallest absolute Gasteiger partial charge is 0.186 e. The highest BCUT2D eigenvalue weighted by atomic mass is 16.7. The largest absolute Gasteiger partial charge is 0.380 e. The second-order valence-corrected chi connectivity index (χ2v) is 3.50. The zero-order chi connectivity index (χ0) is 9.64. The first-order chi connectivity index (χ1) is 6.13. The summed E-state index contributed by atoms with van der Waals surface area (Å²) in [6, 6.07) is 0. The van der Waals surface area contributed by atoms with Crippen molar-refractivity contribution < 1.29 is 19.3 Å². The molecule has 4 nitrogen and oxygen atoms in total. The lowest BCUT2D eigenvalue weighted by Crippen LogP contribution is -2.53. The molecule has 2 saturated heterocycles. The lowest BCUT2D eigenvalue weighted by atomic mass is 9.89. The normalized spacial score (nSPS) is 54.1. The zero-order valence-corrected chi connectivity index (χ0v) is 7.77. The van der Waals surface area contributed by atoms with Crippen LogP contribution in [0.3, 0.4) is 0 Å². The van der Waals surface area contributed by atoms with E-state index in [2.05, 4.69) is 6.58 Å². The van der Waals surface area contributed by atoms with Crippen molar-refractivity contribution in [2.75, 3.05) is 7.11 Å². The molecule has 2 fully saturated rings. The lowest BCUT2D eigenvalue weighted by Gasteiger charge is -2.35. The van der Waals surface area contributed by atoms with E-state index in [-0.39, 0.29) is 24.6 Å². The Hall–Kier alpha value is -0.420. The van der Waals surface area contributed by atoms with Gasteiger partial charge in [0, 0.05) is 7.11 Å². The van der Waals surface area contributed by atoms with Crippen molar-refractivity contribution >= 4 is 0 Å². The number of hydrogen-bond donors (Lipinski definition) is 1. The molecule has 0 radical (unpaired) electrons. The number of fused-ring (bicyclic) bond motifs is 1. The molecule has 0 saturated carbocycles. The molecular weight excluding hydrogens is 172 g/mol. The van der Waals surface area contributed by atoms with Crippen LogP contribution in [0.25, 0.3) is 0 Å². The highest BCUT2D eigenvalue weighted by molar-refractivity contribution is 5.17. The van der Waals surface area contributed by atoms with Gasteiger partial charge in [0.25, 0.3) is 0 Å². The van der Waals surface area contributed by atoms with Crippen molar-refractivity contribution in [3.8, 4) is 0 Å². The Bertz CT molecular complexity index is 226. The highest BCUT2D eigenvalue weighted by Gasteiger charge is 2.63. The first kappa shape index (κ1) is 9.15. The monoisotopic (exact) mass is 186 g/mol. The number of epoxide rings is 1. The summed E-state index contributed by atoms with van der Waals surface area (Å²) < 4.78 is 15.8. The first-order valence-electron chi connectivity index (χ1n) is 4.33. The van der Waals surface area contributed by atoms with Crippen molar-refractivity contribution in [2.24, 2.45) is 0 Å². The fourth-order valence-electron chi connectivity index (χ4n) is 1.79.